The van der Waals surface area contributed by atoms with Gasteiger partial charge in [0.1, 0.15) is 11.5 Å². The van der Waals surface area contributed by atoms with Crippen LogP contribution < -0.4 is 10.2 Å². The molecule has 4 heterocycles. The van der Waals surface area contributed by atoms with Crippen molar-refractivity contribution in [3.63, 3.8) is 0 Å². The van der Waals surface area contributed by atoms with E-state index < -0.39 is 0 Å². The second-order valence-corrected chi connectivity index (χ2v) is 10.3. The molecule has 6 aromatic rings. The van der Waals surface area contributed by atoms with Crippen LogP contribution in [0.3, 0.4) is 0 Å². The summed E-state index contributed by atoms with van der Waals surface area (Å²) in [5.74, 6) is 1.45. The number of fused-ring (bicyclic) bond motifs is 1. The lowest BCUT2D eigenvalue weighted by Crippen LogP contribution is -2.23. The van der Waals surface area contributed by atoms with E-state index in [4.69, 9.17) is 21.6 Å². The zero-order valence-electron chi connectivity index (χ0n) is 21.9. The summed E-state index contributed by atoms with van der Waals surface area (Å²) in [6, 6.07) is 23.4. The van der Waals surface area contributed by atoms with Gasteiger partial charge in [-0.2, -0.15) is 5.10 Å². The Bertz CT molecular complexity index is 1890. The molecule has 202 valence electrons. The first-order valence-corrected chi connectivity index (χ1v) is 13.8. The van der Waals surface area contributed by atoms with Crippen molar-refractivity contribution in [2.75, 3.05) is 16.8 Å². The second kappa shape index (κ2) is 10.5. The van der Waals surface area contributed by atoms with E-state index in [1.807, 2.05) is 83.9 Å². The minimum Gasteiger partial charge on any atom is -0.342 e. The lowest BCUT2D eigenvalue weighted by atomic mass is 10.1. The van der Waals surface area contributed by atoms with E-state index in [9.17, 15) is 4.79 Å². The fraction of sp³-hybridized carbons (Fsp3) is 0.129. The zero-order chi connectivity index (χ0) is 27.8. The molecule has 0 spiro atoms. The maximum atomic E-state index is 12.2. The number of aromatic amines is 2. The lowest BCUT2D eigenvalue weighted by molar-refractivity contribution is -0.117. The highest BCUT2D eigenvalue weighted by atomic mass is 35.5. The van der Waals surface area contributed by atoms with Gasteiger partial charge in [0.05, 0.1) is 16.7 Å². The smallest absolute Gasteiger partial charge is 0.227 e. The number of rotatable bonds is 7. The van der Waals surface area contributed by atoms with Crippen molar-refractivity contribution in [3.8, 4) is 22.5 Å². The third-order valence-electron chi connectivity index (χ3n) is 7.18. The summed E-state index contributed by atoms with van der Waals surface area (Å²) < 4.78 is 0. The van der Waals surface area contributed by atoms with Gasteiger partial charge in [-0.25, -0.2) is 15.0 Å². The van der Waals surface area contributed by atoms with Gasteiger partial charge in [0.2, 0.25) is 11.9 Å². The monoisotopic (exact) mass is 560 g/mol. The van der Waals surface area contributed by atoms with Crippen LogP contribution in [0.4, 0.5) is 17.3 Å². The molecule has 1 aliphatic rings. The average molecular weight is 561 g/mol. The zero-order valence-corrected chi connectivity index (χ0v) is 22.7. The molecule has 3 aromatic carbocycles. The number of carbonyl (C=O) groups is 1. The van der Waals surface area contributed by atoms with Crippen molar-refractivity contribution < 1.29 is 4.79 Å². The first kappa shape index (κ1) is 25.0. The highest BCUT2D eigenvalue weighted by molar-refractivity contribution is 6.31. The summed E-state index contributed by atoms with van der Waals surface area (Å²) in [5.41, 5.74) is 7.74. The quantitative estimate of drug-likeness (QED) is 0.204. The van der Waals surface area contributed by atoms with Crippen molar-refractivity contribution >= 4 is 45.9 Å². The van der Waals surface area contributed by atoms with Crippen LogP contribution in [0.15, 0.2) is 85.2 Å². The Morgan fingerprint density at radius 2 is 1.93 bits per heavy atom. The SMILES string of the molecule is O=C1CCCN1c1cccc(Nc2nccc(-c3c[nH]nc3-c3ccc4[nH]c(Cc5ccccc5Cl)nc4c3)n2)c1. The van der Waals surface area contributed by atoms with Crippen LogP contribution >= 0.6 is 11.6 Å². The molecule has 3 N–H and O–H groups in total. The van der Waals surface area contributed by atoms with Crippen molar-refractivity contribution in [1.29, 1.82) is 0 Å². The molecule has 0 radical (unpaired) electrons. The number of aromatic nitrogens is 6. The van der Waals surface area contributed by atoms with E-state index in [0.29, 0.717) is 18.8 Å². The normalized spacial score (nSPS) is 13.3. The summed E-state index contributed by atoms with van der Waals surface area (Å²) >= 11 is 6.35. The molecule has 3 aromatic heterocycles. The van der Waals surface area contributed by atoms with Crippen molar-refractivity contribution in [1.82, 2.24) is 30.1 Å². The number of hydrogen-bond donors (Lipinski definition) is 3. The number of anilines is 3. The maximum Gasteiger partial charge on any atom is 0.227 e. The second-order valence-electron chi connectivity index (χ2n) is 9.92. The Balaban J connectivity index is 1.14. The van der Waals surface area contributed by atoms with E-state index in [2.05, 4.69) is 25.5 Å². The van der Waals surface area contributed by atoms with Gasteiger partial charge >= 0.3 is 0 Å². The summed E-state index contributed by atoms with van der Waals surface area (Å²) in [4.78, 5) is 31.4. The number of imidazole rings is 1. The molecule has 1 aliphatic heterocycles. The molecule has 1 saturated heterocycles. The Morgan fingerprint density at radius 1 is 1.00 bits per heavy atom. The number of nitrogens with zero attached hydrogens (tertiary/aromatic N) is 5. The van der Waals surface area contributed by atoms with Crippen LogP contribution in [-0.2, 0) is 11.2 Å². The van der Waals surface area contributed by atoms with Gasteiger partial charge in [-0.05, 0) is 54.4 Å². The fourth-order valence-corrected chi connectivity index (χ4v) is 5.39. The third kappa shape index (κ3) is 5.03. The summed E-state index contributed by atoms with van der Waals surface area (Å²) in [5, 5.41) is 11.5. The molecule has 0 bridgehead atoms. The Labute approximate surface area is 240 Å². The van der Waals surface area contributed by atoms with Crippen LogP contribution in [0, 0.1) is 0 Å². The predicted molar refractivity (Wildman–Crippen MR) is 160 cm³/mol. The van der Waals surface area contributed by atoms with Gasteiger partial charge in [0.25, 0.3) is 0 Å². The maximum absolute atomic E-state index is 12.2. The molecule has 0 unspecified atom stereocenters. The number of nitrogens with one attached hydrogen (secondary N) is 3. The first-order chi connectivity index (χ1) is 20.1. The molecule has 0 aliphatic carbocycles. The van der Waals surface area contributed by atoms with Gasteiger partial charge in [0.15, 0.2) is 0 Å². The number of halogens is 1. The fourth-order valence-electron chi connectivity index (χ4n) is 5.19. The van der Waals surface area contributed by atoms with E-state index in [-0.39, 0.29) is 5.91 Å². The van der Waals surface area contributed by atoms with Gasteiger partial charge in [-0.15, -0.1) is 0 Å². The average Bonchev–Trinajstić information content (AvgIpc) is 3.74. The third-order valence-corrected chi connectivity index (χ3v) is 7.55. The molecular formula is C31H25ClN8O. The van der Waals surface area contributed by atoms with Gasteiger partial charge in [0, 0.05) is 59.3 Å². The minimum atomic E-state index is 0.151. The van der Waals surface area contributed by atoms with Gasteiger partial charge in [-0.3, -0.25) is 9.89 Å². The van der Waals surface area contributed by atoms with E-state index >= 15 is 0 Å². The molecule has 1 amide bonds. The first-order valence-electron chi connectivity index (χ1n) is 13.4. The number of hydrogen-bond acceptors (Lipinski definition) is 6. The van der Waals surface area contributed by atoms with Crippen LogP contribution in [0.2, 0.25) is 5.02 Å². The largest absolute Gasteiger partial charge is 0.342 e. The van der Waals surface area contributed by atoms with E-state index in [1.54, 1.807) is 6.20 Å². The molecular weight excluding hydrogens is 536 g/mol. The molecule has 1 fully saturated rings. The molecule has 0 saturated carbocycles. The molecule has 9 nitrogen and oxygen atoms in total. The Kier molecular flexibility index (Phi) is 6.41. The van der Waals surface area contributed by atoms with Crippen LogP contribution in [0.5, 0.6) is 0 Å². The minimum absolute atomic E-state index is 0.151. The van der Waals surface area contributed by atoms with Crippen LogP contribution in [0.25, 0.3) is 33.5 Å². The predicted octanol–water partition coefficient (Wildman–Crippen LogP) is 6.52. The van der Waals surface area contributed by atoms with Crippen LogP contribution in [0.1, 0.15) is 24.2 Å². The highest BCUT2D eigenvalue weighted by Crippen LogP contribution is 2.32. The van der Waals surface area contributed by atoms with E-state index in [0.717, 1.165) is 74.3 Å². The summed E-state index contributed by atoms with van der Waals surface area (Å²) in [6.45, 7) is 0.740. The number of amides is 1. The molecule has 0 atom stereocenters. The number of carbonyl (C=O) groups excluding carboxylic acids is 1. The Morgan fingerprint density at radius 3 is 2.80 bits per heavy atom. The van der Waals surface area contributed by atoms with Gasteiger partial charge < -0.3 is 15.2 Å². The Hall–Kier alpha value is -5.02. The van der Waals surface area contributed by atoms with Crippen LogP contribution in [-0.4, -0.2) is 42.6 Å². The van der Waals surface area contributed by atoms with E-state index in [1.165, 1.54) is 0 Å². The molecule has 10 heteroatoms. The molecule has 41 heavy (non-hydrogen) atoms. The van der Waals surface area contributed by atoms with Crippen molar-refractivity contribution in [2.24, 2.45) is 0 Å². The number of H-pyrrole nitrogens is 2. The summed E-state index contributed by atoms with van der Waals surface area (Å²) in [6.07, 6.45) is 5.63. The number of benzene rings is 3. The topological polar surface area (TPSA) is 115 Å². The van der Waals surface area contributed by atoms with Crippen molar-refractivity contribution in [3.05, 3.63) is 102 Å². The summed E-state index contributed by atoms with van der Waals surface area (Å²) in [7, 11) is 0. The molecule has 7 rings (SSSR count). The lowest BCUT2D eigenvalue weighted by Gasteiger charge is -2.16. The highest BCUT2D eigenvalue weighted by Gasteiger charge is 2.22. The standard InChI is InChI=1S/C31H25ClN8O/c32-24-8-2-1-5-19(24)16-28-36-26-11-10-20(15-27(26)37-28)30-23(18-34-39-30)25-12-13-33-31(38-25)35-21-6-3-7-22(17-21)40-14-4-9-29(40)41/h1-3,5-8,10-13,15,17-18H,4,9,14,16H2,(H,34,39)(H,36,37)(H,33,35,38). The van der Waals surface area contributed by atoms with Crippen molar-refractivity contribution in [2.45, 2.75) is 19.3 Å². The van der Waals surface area contributed by atoms with Gasteiger partial charge in [-0.1, -0.05) is 41.9 Å².